The number of aryl methyl sites for hydroxylation is 1. The van der Waals surface area contributed by atoms with Crippen LogP contribution in [0.3, 0.4) is 0 Å². The molecule has 1 aliphatic rings. The summed E-state index contributed by atoms with van der Waals surface area (Å²) in [5, 5.41) is 16.5. The predicted octanol–water partition coefficient (Wildman–Crippen LogP) is 4.94. The van der Waals surface area contributed by atoms with E-state index >= 15 is 0 Å². The molecule has 1 atom stereocenters. The van der Waals surface area contributed by atoms with Crippen molar-refractivity contribution in [2.75, 3.05) is 13.1 Å². The van der Waals surface area contributed by atoms with Crippen LogP contribution in [0, 0.1) is 0 Å². The Hall–Kier alpha value is -1.34. The zero-order valence-electron chi connectivity index (χ0n) is 14.5. The number of piperidine rings is 1. The Kier molecular flexibility index (Phi) is 5.10. The van der Waals surface area contributed by atoms with Crippen molar-refractivity contribution in [1.29, 1.82) is 0 Å². The van der Waals surface area contributed by atoms with Crippen molar-refractivity contribution in [1.82, 2.24) is 19.5 Å². The van der Waals surface area contributed by atoms with Crippen molar-refractivity contribution < 1.29 is 5.11 Å². The van der Waals surface area contributed by atoms with Crippen LogP contribution in [0.25, 0.3) is 4.96 Å². The molecule has 5 nitrogen and oxygen atoms in total. The Morgan fingerprint density at radius 1 is 1.23 bits per heavy atom. The van der Waals surface area contributed by atoms with E-state index < -0.39 is 0 Å². The number of aromatic hydroxyl groups is 1. The SMILES string of the molecule is CCc1nc2sc([C@@H](c3ccc(Cl)cc3Cl)N3CCCCC3)c(O)n2n1. The smallest absolute Gasteiger partial charge is 0.230 e. The van der Waals surface area contributed by atoms with Gasteiger partial charge in [0, 0.05) is 16.5 Å². The Balaban J connectivity index is 1.84. The lowest BCUT2D eigenvalue weighted by Gasteiger charge is -2.34. The molecule has 0 radical (unpaired) electrons. The first-order chi connectivity index (χ1) is 12.6. The monoisotopic (exact) mass is 410 g/mol. The number of fused-ring (bicyclic) bond motifs is 1. The number of hydrogen-bond donors (Lipinski definition) is 1. The quantitative estimate of drug-likeness (QED) is 0.661. The molecular formula is C18H20Cl2N4OS. The third-order valence-electron chi connectivity index (χ3n) is 4.82. The van der Waals surface area contributed by atoms with Gasteiger partial charge in [0.25, 0.3) is 0 Å². The largest absolute Gasteiger partial charge is 0.492 e. The van der Waals surface area contributed by atoms with Gasteiger partial charge in [-0.25, -0.2) is 4.98 Å². The summed E-state index contributed by atoms with van der Waals surface area (Å²) < 4.78 is 1.54. The van der Waals surface area contributed by atoms with Gasteiger partial charge in [-0.3, -0.25) is 4.90 Å². The molecule has 1 N–H and O–H groups in total. The molecule has 138 valence electrons. The number of thiazole rings is 1. The molecule has 8 heteroatoms. The van der Waals surface area contributed by atoms with E-state index in [-0.39, 0.29) is 11.9 Å². The van der Waals surface area contributed by atoms with E-state index in [2.05, 4.69) is 15.0 Å². The second-order valence-electron chi connectivity index (χ2n) is 6.53. The van der Waals surface area contributed by atoms with Crippen LogP contribution in [0.1, 0.15) is 48.5 Å². The van der Waals surface area contributed by atoms with Crippen LogP contribution < -0.4 is 0 Å². The van der Waals surface area contributed by atoms with Gasteiger partial charge >= 0.3 is 0 Å². The maximum absolute atomic E-state index is 10.9. The molecule has 1 aromatic carbocycles. The molecule has 1 aliphatic heterocycles. The van der Waals surface area contributed by atoms with Gasteiger partial charge in [0.1, 0.15) is 0 Å². The first-order valence-electron chi connectivity index (χ1n) is 8.84. The molecule has 3 heterocycles. The van der Waals surface area contributed by atoms with Crippen LogP contribution in [0.5, 0.6) is 5.88 Å². The highest BCUT2D eigenvalue weighted by Crippen LogP contribution is 2.43. The predicted molar refractivity (Wildman–Crippen MR) is 106 cm³/mol. The summed E-state index contributed by atoms with van der Waals surface area (Å²) in [7, 11) is 0. The Morgan fingerprint density at radius 3 is 2.65 bits per heavy atom. The summed E-state index contributed by atoms with van der Waals surface area (Å²) in [6, 6.07) is 5.44. The van der Waals surface area contributed by atoms with Crippen molar-refractivity contribution in [3.8, 4) is 5.88 Å². The summed E-state index contributed by atoms with van der Waals surface area (Å²) in [5.74, 6) is 0.885. The molecule has 0 amide bonds. The number of aromatic nitrogens is 3. The highest BCUT2D eigenvalue weighted by molar-refractivity contribution is 7.17. The van der Waals surface area contributed by atoms with Gasteiger partial charge in [0.05, 0.1) is 10.9 Å². The van der Waals surface area contributed by atoms with Gasteiger partial charge in [0.15, 0.2) is 5.82 Å². The number of rotatable bonds is 4. The van der Waals surface area contributed by atoms with E-state index in [0.717, 1.165) is 48.6 Å². The molecule has 1 fully saturated rings. The van der Waals surface area contributed by atoms with Crippen molar-refractivity contribution in [2.45, 2.75) is 38.6 Å². The lowest BCUT2D eigenvalue weighted by atomic mass is 10.0. The van der Waals surface area contributed by atoms with E-state index in [4.69, 9.17) is 23.2 Å². The van der Waals surface area contributed by atoms with Crippen molar-refractivity contribution >= 4 is 39.5 Å². The third kappa shape index (κ3) is 3.20. The molecule has 0 unspecified atom stereocenters. The van der Waals surface area contributed by atoms with Crippen LogP contribution in [0.4, 0.5) is 0 Å². The first-order valence-corrected chi connectivity index (χ1v) is 10.4. The molecule has 0 saturated carbocycles. The second-order valence-corrected chi connectivity index (χ2v) is 8.38. The van der Waals surface area contributed by atoms with Crippen molar-refractivity contribution in [3.63, 3.8) is 0 Å². The standard InChI is InChI=1S/C18H20Cl2N4OS/c1-2-14-21-18-24(22-14)17(25)16(26-18)15(23-8-4-3-5-9-23)12-7-6-11(19)10-13(12)20/h6-7,10,15,25H,2-5,8-9H2,1H3/t15-/m1/s1. The molecule has 0 bridgehead atoms. The molecular weight excluding hydrogens is 391 g/mol. The summed E-state index contributed by atoms with van der Waals surface area (Å²) in [6.45, 7) is 3.94. The highest BCUT2D eigenvalue weighted by atomic mass is 35.5. The highest BCUT2D eigenvalue weighted by Gasteiger charge is 2.31. The van der Waals surface area contributed by atoms with E-state index in [1.807, 2.05) is 19.1 Å². The van der Waals surface area contributed by atoms with Crippen LogP contribution in [-0.2, 0) is 6.42 Å². The molecule has 4 rings (SSSR count). The van der Waals surface area contributed by atoms with Crippen molar-refractivity contribution in [2.24, 2.45) is 0 Å². The number of hydrogen-bond acceptors (Lipinski definition) is 5. The fourth-order valence-electron chi connectivity index (χ4n) is 3.52. The molecule has 0 spiro atoms. The fourth-order valence-corrected chi connectivity index (χ4v) is 5.16. The summed E-state index contributed by atoms with van der Waals surface area (Å²) >= 11 is 14.1. The average molecular weight is 411 g/mol. The van der Waals surface area contributed by atoms with Gasteiger partial charge in [-0.1, -0.05) is 53.9 Å². The minimum Gasteiger partial charge on any atom is -0.492 e. The number of likely N-dealkylation sites (tertiary alicyclic amines) is 1. The molecule has 1 saturated heterocycles. The Morgan fingerprint density at radius 2 is 2.00 bits per heavy atom. The maximum Gasteiger partial charge on any atom is 0.230 e. The number of nitrogens with zero attached hydrogens (tertiary/aromatic N) is 4. The van der Waals surface area contributed by atoms with Crippen LogP contribution >= 0.6 is 34.5 Å². The molecule has 3 aromatic rings. The van der Waals surface area contributed by atoms with Gasteiger partial charge in [-0.2, -0.15) is 4.52 Å². The molecule has 2 aromatic heterocycles. The zero-order valence-corrected chi connectivity index (χ0v) is 16.8. The molecule has 0 aliphatic carbocycles. The van der Waals surface area contributed by atoms with E-state index in [0.29, 0.717) is 15.0 Å². The second kappa shape index (κ2) is 7.35. The van der Waals surface area contributed by atoms with Gasteiger partial charge < -0.3 is 5.11 Å². The van der Waals surface area contributed by atoms with Crippen molar-refractivity contribution in [3.05, 3.63) is 44.5 Å². The van der Waals surface area contributed by atoms with Crippen LogP contribution in [-0.4, -0.2) is 37.7 Å². The summed E-state index contributed by atoms with van der Waals surface area (Å²) in [5.41, 5.74) is 0.952. The lowest BCUT2D eigenvalue weighted by Crippen LogP contribution is -2.34. The zero-order chi connectivity index (χ0) is 18.3. The average Bonchev–Trinajstić information content (AvgIpc) is 3.18. The third-order valence-corrected chi connectivity index (χ3v) is 6.46. The fraction of sp³-hybridized carbons (Fsp3) is 0.444. The number of benzene rings is 1. The minimum atomic E-state index is -0.126. The van der Waals surface area contributed by atoms with Gasteiger partial charge in [0.2, 0.25) is 10.8 Å². The first kappa shape index (κ1) is 18.0. The molecule has 26 heavy (non-hydrogen) atoms. The van der Waals surface area contributed by atoms with Crippen LogP contribution in [0.2, 0.25) is 10.0 Å². The van der Waals surface area contributed by atoms with E-state index in [9.17, 15) is 5.11 Å². The Labute approximate surface area is 166 Å². The van der Waals surface area contributed by atoms with Crippen LogP contribution in [0.15, 0.2) is 18.2 Å². The van der Waals surface area contributed by atoms with Gasteiger partial charge in [-0.15, -0.1) is 5.10 Å². The minimum absolute atomic E-state index is 0.126. The summed E-state index contributed by atoms with van der Waals surface area (Å²) in [6.07, 6.45) is 4.26. The van der Waals surface area contributed by atoms with Gasteiger partial charge in [-0.05, 0) is 43.6 Å². The lowest BCUT2D eigenvalue weighted by molar-refractivity contribution is 0.186. The normalized spacial score (nSPS) is 17.0. The summed E-state index contributed by atoms with van der Waals surface area (Å²) in [4.78, 5) is 8.42. The number of halogens is 2. The van der Waals surface area contributed by atoms with E-state index in [1.54, 1.807) is 10.6 Å². The Bertz CT molecular complexity index is 933. The topological polar surface area (TPSA) is 53.7 Å². The maximum atomic E-state index is 10.9. The van der Waals surface area contributed by atoms with E-state index in [1.165, 1.54) is 17.8 Å².